The average Bonchev–Trinajstić information content (AvgIpc) is 2.72. The molecule has 1 aliphatic rings. The molecule has 0 spiro atoms. The minimum atomic E-state index is -3.79. The summed E-state index contributed by atoms with van der Waals surface area (Å²) in [5.41, 5.74) is 1.03. The van der Waals surface area contributed by atoms with Gasteiger partial charge < -0.3 is 9.64 Å². The van der Waals surface area contributed by atoms with Crippen molar-refractivity contribution in [1.82, 2.24) is 9.62 Å². The Hall–Kier alpha value is -2.29. The minimum absolute atomic E-state index is 0.0332. The molecular formula is C20H23FN2O4S. The Morgan fingerprint density at radius 2 is 1.96 bits per heavy atom. The van der Waals surface area contributed by atoms with Crippen LogP contribution in [0.25, 0.3) is 0 Å². The highest BCUT2D eigenvalue weighted by molar-refractivity contribution is 7.89. The van der Waals surface area contributed by atoms with E-state index in [-0.39, 0.29) is 29.9 Å². The van der Waals surface area contributed by atoms with Crippen molar-refractivity contribution in [2.24, 2.45) is 0 Å². The first-order valence-electron chi connectivity index (χ1n) is 9.15. The molecule has 1 unspecified atom stereocenters. The smallest absolute Gasteiger partial charge is 0.240 e. The van der Waals surface area contributed by atoms with Gasteiger partial charge in [0.25, 0.3) is 0 Å². The number of carbonyl (C=O) groups excluding carboxylic acids is 1. The summed E-state index contributed by atoms with van der Waals surface area (Å²) in [7, 11) is -3.79. The molecule has 2 aromatic rings. The lowest BCUT2D eigenvalue weighted by atomic mass is 10.1. The van der Waals surface area contributed by atoms with Crippen LogP contribution >= 0.6 is 0 Å². The fourth-order valence-electron chi connectivity index (χ4n) is 3.07. The van der Waals surface area contributed by atoms with E-state index in [0.717, 1.165) is 11.6 Å². The zero-order chi connectivity index (χ0) is 20.0. The minimum Gasteiger partial charge on any atom is -0.370 e. The van der Waals surface area contributed by atoms with Crippen LogP contribution in [0.5, 0.6) is 0 Å². The average molecular weight is 406 g/mol. The van der Waals surface area contributed by atoms with Crippen LogP contribution in [0.2, 0.25) is 0 Å². The predicted octanol–water partition coefficient (Wildman–Crippen LogP) is 2.48. The van der Waals surface area contributed by atoms with Gasteiger partial charge in [-0.1, -0.05) is 36.4 Å². The van der Waals surface area contributed by atoms with Gasteiger partial charge in [0, 0.05) is 19.5 Å². The lowest BCUT2D eigenvalue weighted by Gasteiger charge is -2.33. The van der Waals surface area contributed by atoms with E-state index in [1.807, 2.05) is 30.3 Å². The van der Waals surface area contributed by atoms with Crippen LogP contribution in [-0.4, -0.2) is 45.5 Å². The Balaban J connectivity index is 1.46. The predicted molar refractivity (Wildman–Crippen MR) is 103 cm³/mol. The number of sulfonamides is 1. The van der Waals surface area contributed by atoms with Crippen LogP contribution in [0, 0.1) is 5.82 Å². The van der Waals surface area contributed by atoms with E-state index in [1.165, 1.54) is 18.2 Å². The molecule has 8 heteroatoms. The highest BCUT2D eigenvalue weighted by atomic mass is 32.2. The topological polar surface area (TPSA) is 75.7 Å². The molecule has 1 N–H and O–H groups in total. The molecule has 0 aliphatic carbocycles. The van der Waals surface area contributed by atoms with E-state index in [0.29, 0.717) is 26.1 Å². The Morgan fingerprint density at radius 1 is 1.18 bits per heavy atom. The second-order valence-electron chi connectivity index (χ2n) is 6.57. The van der Waals surface area contributed by atoms with E-state index in [1.54, 1.807) is 4.90 Å². The van der Waals surface area contributed by atoms with Gasteiger partial charge in [-0.25, -0.2) is 17.5 Å². The van der Waals surface area contributed by atoms with Crippen molar-refractivity contribution in [3.63, 3.8) is 0 Å². The Kier molecular flexibility index (Phi) is 6.77. The number of hydrogen-bond donors (Lipinski definition) is 1. The number of benzene rings is 2. The van der Waals surface area contributed by atoms with Crippen molar-refractivity contribution in [3.05, 3.63) is 66.0 Å². The van der Waals surface area contributed by atoms with Crippen molar-refractivity contribution < 1.29 is 22.3 Å². The fourth-order valence-corrected chi connectivity index (χ4v) is 4.17. The zero-order valence-corrected chi connectivity index (χ0v) is 16.2. The Morgan fingerprint density at radius 3 is 2.71 bits per heavy atom. The molecule has 1 aliphatic heterocycles. The zero-order valence-electron chi connectivity index (χ0n) is 15.4. The first kappa shape index (κ1) is 20.4. The molecule has 0 aromatic heterocycles. The summed E-state index contributed by atoms with van der Waals surface area (Å²) in [5, 5.41) is 0. The van der Waals surface area contributed by atoms with Gasteiger partial charge in [-0.15, -0.1) is 0 Å². The van der Waals surface area contributed by atoms with Crippen molar-refractivity contribution in [1.29, 1.82) is 0 Å². The van der Waals surface area contributed by atoms with E-state index < -0.39 is 15.8 Å². The SMILES string of the molecule is O=C(CCCNS(=O)(=O)c1cccc(F)c1)N1CCOC(c2ccccc2)C1. The van der Waals surface area contributed by atoms with Gasteiger partial charge in [0.05, 0.1) is 18.0 Å². The first-order chi connectivity index (χ1) is 13.5. The van der Waals surface area contributed by atoms with Gasteiger partial charge in [0.1, 0.15) is 11.9 Å². The van der Waals surface area contributed by atoms with Crippen molar-refractivity contribution in [3.8, 4) is 0 Å². The third-order valence-electron chi connectivity index (χ3n) is 4.56. The number of morpholine rings is 1. The van der Waals surface area contributed by atoms with Crippen LogP contribution in [-0.2, 0) is 19.6 Å². The number of hydrogen-bond acceptors (Lipinski definition) is 4. The van der Waals surface area contributed by atoms with Gasteiger partial charge in [-0.2, -0.15) is 0 Å². The van der Waals surface area contributed by atoms with Gasteiger partial charge in [-0.3, -0.25) is 4.79 Å². The summed E-state index contributed by atoms with van der Waals surface area (Å²) in [6.45, 7) is 1.59. The lowest BCUT2D eigenvalue weighted by Crippen LogP contribution is -2.42. The molecular weight excluding hydrogens is 383 g/mol. The highest BCUT2D eigenvalue weighted by Crippen LogP contribution is 2.22. The Labute approximate surface area is 164 Å². The number of nitrogens with one attached hydrogen (secondary N) is 1. The quantitative estimate of drug-likeness (QED) is 0.717. The molecule has 6 nitrogen and oxygen atoms in total. The van der Waals surface area contributed by atoms with Crippen molar-refractivity contribution in [2.75, 3.05) is 26.2 Å². The maximum atomic E-state index is 13.2. The second-order valence-corrected chi connectivity index (χ2v) is 8.34. The monoisotopic (exact) mass is 406 g/mol. The standard InChI is InChI=1S/C20H23FN2O4S/c21-17-8-4-9-18(14-17)28(25,26)22-11-5-10-20(24)23-12-13-27-19(15-23)16-6-2-1-3-7-16/h1-4,6-9,14,19,22H,5,10-13,15H2. The molecule has 0 saturated carbocycles. The molecule has 28 heavy (non-hydrogen) atoms. The number of halogens is 1. The number of rotatable bonds is 7. The maximum absolute atomic E-state index is 13.2. The number of ether oxygens (including phenoxy) is 1. The molecule has 1 saturated heterocycles. The van der Waals surface area contributed by atoms with Crippen LogP contribution in [0.3, 0.4) is 0 Å². The Bertz CT molecular complexity index is 905. The number of nitrogens with zero attached hydrogens (tertiary/aromatic N) is 1. The number of amides is 1. The summed E-state index contributed by atoms with van der Waals surface area (Å²) in [6, 6.07) is 14.6. The summed E-state index contributed by atoms with van der Waals surface area (Å²) >= 11 is 0. The number of carbonyl (C=O) groups is 1. The molecule has 150 valence electrons. The molecule has 0 bridgehead atoms. The molecule has 1 amide bonds. The molecule has 3 rings (SSSR count). The summed E-state index contributed by atoms with van der Waals surface area (Å²) < 4.78 is 45.6. The largest absolute Gasteiger partial charge is 0.370 e. The van der Waals surface area contributed by atoms with E-state index in [2.05, 4.69) is 4.72 Å². The molecule has 0 radical (unpaired) electrons. The molecule has 1 fully saturated rings. The van der Waals surface area contributed by atoms with Crippen LogP contribution in [0.4, 0.5) is 4.39 Å². The molecule has 1 atom stereocenters. The second kappa shape index (κ2) is 9.27. The van der Waals surface area contributed by atoms with Gasteiger partial charge in [0.15, 0.2) is 0 Å². The van der Waals surface area contributed by atoms with Gasteiger partial charge in [-0.05, 0) is 30.2 Å². The van der Waals surface area contributed by atoms with Gasteiger partial charge in [0.2, 0.25) is 15.9 Å². The van der Waals surface area contributed by atoms with Crippen molar-refractivity contribution >= 4 is 15.9 Å². The molecule has 2 aromatic carbocycles. The lowest BCUT2D eigenvalue weighted by molar-refractivity contribution is -0.139. The first-order valence-corrected chi connectivity index (χ1v) is 10.6. The third-order valence-corrected chi connectivity index (χ3v) is 6.02. The normalized spacial score (nSPS) is 17.5. The summed E-state index contributed by atoms with van der Waals surface area (Å²) in [4.78, 5) is 14.1. The maximum Gasteiger partial charge on any atom is 0.240 e. The van der Waals surface area contributed by atoms with Crippen LogP contribution in [0.15, 0.2) is 59.5 Å². The summed E-state index contributed by atoms with van der Waals surface area (Å²) in [6.07, 6.45) is 0.443. The van der Waals surface area contributed by atoms with E-state index >= 15 is 0 Å². The third kappa shape index (κ3) is 5.37. The van der Waals surface area contributed by atoms with Crippen LogP contribution < -0.4 is 4.72 Å². The van der Waals surface area contributed by atoms with Crippen molar-refractivity contribution in [2.45, 2.75) is 23.8 Å². The fraction of sp³-hybridized carbons (Fsp3) is 0.350. The molecule has 1 heterocycles. The highest BCUT2D eigenvalue weighted by Gasteiger charge is 2.25. The van der Waals surface area contributed by atoms with E-state index in [9.17, 15) is 17.6 Å². The van der Waals surface area contributed by atoms with Gasteiger partial charge >= 0.3 is 0 Å². The van der Waals surface area contributed by atoms with Crippen LogP contribution in [0.1, 0.15) is 24.5 Å². The summed E-state index contributed by atoms with van der Waals surface area (Å²) in [5.74, 6) is -0.646. The van der Waals surface area contributed by atoms with E-state index in [4.69, 9.17) is 4.74 Å².